The molecule has 0 aromatic rings. The van der Waals surface area contributed by atoms with Crippen molar-refractivity contribution in [3.63, 3.8) is 0 Å². The van der Waals surface area contributed by atoms with E-state index in [1.54, 1.807) is 0 Å². The minimum absolute atomic E-state index is 0.0215. The first kappa shape index (κ1) is 18.2. The van der Waals surface area contributed by atoms with Crippen LogP contribution in [-0.2, 0) is 33.3 Å². The third-order valence-corrected chi connectivity index (χ3v) is 6.08. The average molecular weight is 354 g/mol. The van der Waals surface area contributed by atoms with Crippen LogP contribution >= 0.6 is 0 Å². The van der Waals surface area contributed by atoms with Gasteiger partial charge < -0.3 is 18.9 Å². The number of hydrogen-bond donors (Lipinski definition) is 0. The number of carbonyl (C=O) groups is 3. The van der Waals surface area contributed by atoms with Gasteiger partial charge in [-0.3, -0.25) is 14.4 Å². The predicted molar refractivity (Wildman–Crippen MR) is 85.2 cm³/mol. The molecule has 1 aliphatic heterocycles. The molecule has 2 bridgehead atoms. The molecule has 0 radical (unpaired) electrons. The summed E-state index contributed by atoms with van der Waals surface area (Å²) in [6.45, 7) is 5.97. The van der Waals surface area contributed by atoms with Crippen molar-refractivity contribution in [2.24, 2.45) is 29.1 Å². The lowest BCUT2D eigenvalue weighted by Gasteiger charge is -2.30. The minimum atomic E-state index is -0.517. The molecule has 0 amide bonds. The van der Waals surface area contributed by atoms with Gasteiger partial charge in [-0.05, 0) is 26.7 Å². The highest BCUT2D eigenvalue weighted by atomic mass is 16.6. The van der Waals surface area contributed by atoms with Crippen LogP contribution in [0.3, 0.4) is 0 Å². The van der Waals surface area contributed by atoms with E-state index in [0.717, 1.165) is 6.42 Å². The molecule has 3 fully saturated rings. The number of rotatable bonds is 7. The number of hydrogen-bond acceptors (Lipinski definition) is 7. The third-order valence-electron chi connectivity index (χ3n) is 6.08. The molecule has 0 aromatic carbocycles. The highest BCUT2D eigenvalue weighted by molar-refractivity contribution is 5.86. The largest absolute Gasteiger partial charge is 0.469 e. The molecule has 7 nitrogen and oxygen atoms in total. The van der Waals surface area contributed by atoms with E-state index in [9.17, 15) is 14.4 Å². The maximum atomic E-state index is 12.1. The van der Waals surface area contributed by atoms with Gasteiger partial charge in [0, 0.05) is 11.8 Å². The molecule has 3 rings (SSSR count). The second-order valence-electron chi connectivity index (χ2n) is 7.75. The maximum Gasteiger partial charge on any atom is 0.311 e. The lowest BCUT2D eigenvalue weighted by atomic mass is 9.78. The summed E-state index contributed by atoms with van der Waals surface area (Å²) in [6, 6.07) is 0. The number of methoxy groups -OCH3 is 1. The van der Waals surface area contributed by atoms with Crippen LogP contribution in [0.15, 0.2) is 0 Å². The zero-order valence-electron chi connectivity index (χ0n) is 15.2. The molecule has 1 heterocycles. The molecule has 7 heteroatoms. The van der Waals surface area contributed by atoms with Crippen LogP contribution in [0.1, 0.15) is 33.6 Å². The fraction of sp³-hybridized carbons (Fsp3) is 0.833. The van der Waals surface area contributed by atoms with E-state index in [1.807, 2.05) is 20.8 Å². The maximum absolute atomic E-state index is 12.1. The number of carbonyl (C=O) groups excluding carboxylic acids is 3. The first-order valence-electron chi connectivity index (χ1n) is 8.89. The fourth-order valence-corrected chi connectivity index (χ4v) is 4.33. The van der Waals surface area contributed by atoms with Crippen molar-refractivity contribution in [2.75, 3.05) is 20.3 Å². The van der Waals surface area contributed by atoms with Crippen LogP contribution in [0.4, 0.5) is 0 Å². The van der Waals surface area contributed by atoms with Gasteiger partial charge in [0.1, 0.15) is 12.7 Å². The summed E-state index contributed by atoms with van der Waals surface area (Å²) < 4.78 is 21.5. The Morgan fingerprint density at radius 3 is 2.60 bits per heavy atom. The second kappa shape index (κ2) is 6.59. The molecule has 2 aliphatic carbocycles. The molecule has 6 atom stereocenters. The van der Waals surface area contributed by atoms with Gasteiger partial charge in [0.15, 0.2) is 0 Å². The Bertz CT molecular complexity index is 570. The van der Waals surface area contributed by atoms with Crippen molar-refractivity contribution < 1.29 is 33.3 Å². The van der Waals surface area contributed by atoms with Crippen LogP contribution in [0.25, 0.3) is 0 Å². The molecule has 3 aliphatic rings. The van der Waals surface area contributed by atoms with E-state index in [2.05, 4.69) is 0 Å². The van der Waals surface area contributed by atoms with Crippen molar-refractivity contribution in [3.8, 4) is 0 Å². The third kappa shape index (κ3) is 2.92. The topological polar surface area (TPSA) is 88.1 Å². The lowest BCUT2D eigenvalue weighted by molar-refractivity contribution is -0.159. The molecular weight excluding hydrogens is 328 g/mol. The lowest BCUT2D eigenvalue weighted by Crippen LogP contribution is -2.43. The fourth-order valence-electron chi connectivity index (χ4n) is 4.33. The zero-order chi connectivity index (χ0) is 18.4. The van der Waals surface area contributed by atoms with Gasteiger partial charge in [0.05, 0.1) is 37.1 Å². The Hall–Kier alpha value is -1.63. The summed E-state index contributed by atoms with van der Waals surface area (Å²) in [4.78, 5) is 36.1. The quantitative estimate of drug-likeness (QED) is 0.387. The number of fused-ring (bicyclic) bond motifs is 1. The van der Waals surface area contributed by atoms with Crippen molar-refractivity contribution in [1.82, 2.24) is 0 Å². The predicted octanol–water partition coefficient (Wildman–Crippen LogP) is 1.33. The molecule has 0 aromatic heterocycles. The Kier molecular flexibility index (Phi) is 4.79. The Morgan fingerprint density at radius 1 is 1.24 bits per heavy atom. The SMILES string of the molecule is CCC(C)(C)C(=O)OCCOC1C2CC3C1OC(=O)C3C2C(=O)OC. The molecular formula is C18H26O7. The van der Waals surface area contributed by atoms with E-state index >= 15 is 0 Å². The van der Waals surface area contributed by atoms with Crippen molar-refractivity contribution >= 4 is 17.9 Å². The summed E-state index contributed by atoms with van der Waals surface area (Å²) >= 11 is 0. The van der Waals surface area contributed by atoms with Gasteiger partial charge >= 0.3 is 17.9 Å². The van der Waals surface area contributed by atoms with E-state index in [1.165, 1.54) is 7.11 Å². The van der Waals surface area contributed by atoms with Gasteiger partial charge in [0.2, 0.25) is 0 Å². The Balaban J connectivity index is 1.56. The summed E-state index contributed by atoms with van der Waals surface area (Å²) in [7, 11) is 1.33. The van der Waals surface area contributed by atoms with Crippen LogP contribution in [0.2, 0.25) is 0 Å². The summed E-state index contributed by atoms with van der Waals surface area (Å²) in [5.74, 6) is -1.91. The van der Waals surface area contributed by atoms with Crippen LogP contribution < -0.4 is 0 Å². The van der Waals surface area contributed by atoms with Crippen LogP contribution in [0, 0.1) is 29.1 Å². The van der Waals surface area contributed by atoms with Gasteiger partial charge in [0.25, 0.3) is 0 Å². The zero-order valence-corrected chi connectivity index (χ0v) is 15.2. The van der Waals surface area contributed by atoms with Gasteiger partial charge in [-0.1, -0.05) is 6.92 Å². The van der Waals surface area contributed by atoms with Crippen LogP contribution in [-0.4, -0.2) is 50.4 Å². The van der Waals surface area contributed by atoms with Crippen LogP contribution in [0.5, 0.6) is 0 Å². The smallest absolute Gasteiger partial charge is 0.311 e. The molecule has 6 unspecified atom stereocenters. The average Bonchev–Trinajstić information content (AvgIpc) is 3.20. The van der Waals surface area contributed by atoms with Crippen molar-refractivity contribution in [3.05, 3.63) is 0 Å². The van der Waals surface area contributed by atoms with Gasteiger partial charge in [-0.15, -0.1) is 0 Å². The minimum Gasteiger partial charge on any atom is -0.469 e. The molecule has 0 N–H and O–H groups in total. The Labute approximate surface area is 147 Å². The van der Waals surface area contributed by atoms with E-state index in [4.69, 9.17) is 18.9 Å². The molecule has 2 saturated carbocycles. The summed E-state index contributed by atoms with van der Waals surface area (Å²) in [5.41, 5.74) is -0.517. The Morgan fingerprint density at radius 2 is 1.96 bits per heavy atom. The van der Waals surface area contributed by atoms with E-state index < -0.39 is 17.3 Å². The highest BCUT2D eigenvalue weighted by Crippen LogP contribution is 2.58. The van der Waals surface area contributed by atoms with Gasteiger partial charge in [-0.2, -0.15) is 0 Å². The monoisotopic (exact) mass is 354 g/mol. The van der Waals surface area contributed by atoms with Crippen molar-refractivity contribution in [1.29, 1.82) is 0 Å². The molecule has 1 saturated heterocycles. The summed E-state index contributed by atoms with van der Waals surface area (Å²) in [5, 5.41) is 0. The standard InChI is InChI=1S/C18H26O7/c1-5-18(2,3)17(21)24-7-6-23-13-9-8-10-12(11(9)15(19)22-4)16(20)25-14(10)13/h9-14H,5-8H2,1-4H3. The molecule has 0 spiro atoms. The normalized spacial score (nSPS) is 35.6. The second-order valence-corrected chi connectivity index (χ2v) is 7.75. The molecule has 25 heavy (non-hydrogen) atoms. The van der Waals surface area contributed by atoms with E-state index in [0.29, 0.717) is 6.42 Å². The van der Waals surface area contributed by atoms with Gasteiger partial charge in [-0.25, -0.2) is 0 Å². The molecule has 140 valence electrons. The highest BCUT2D eigenvalue weighted by Gasteiger charge is 2.69. The number of esters is 3. The first-order valence-corrected chi connectivity index (χ1v) is 8.89. The first-order chi connectivity index (χ1) is 11.8. The van der Waals surface area contributed by atoms with E-state index in [-0.39, 0.29) is 55.2 Å². The summed E-state index contributed by atoms with van der Waals surface area (Å²) in [6.07, 6.45) is 0.786. The number of ether oxygens (including phenoxy) is 4. The van der Waals surface area contributed by atoms with Crippen molar-refractivity contribution in [2.45, 2.75) is 45.8 Å².